The number of aromatic hydroxyl groups is 1. The summed E-state index contributed by atoms with van der Waals surface area (Å²) in [5, 5.41) is 23.5. The number of amides is 2. The molecule has 3 atom stereocenters. The van der Waals surface area contributed by atoms with Crippen LogP contribution in [0.1, 0.15) is 18.9 Å². The highest BCUT2D eigenvalue weighted by Crippen LogP contribution is 2.11. The number of benzene rings is 1. The van der Waals surface area contributed by atoms with Crippen molar-refractivity contribution in [2.24, 2.45) is 5.73 Å². The van der Waals surface area contributed by atoms with Crippen molar-refractivity contribution in [1.82, 2.24) is 10.6 Å². The van der Waals surface area contributed by atoms with Gasteiger partial charge in [-0.05, 0) is 43.0 Å². The highest BCUT2D eigenvalue weighted by molar-refractivity contribution is 7.98. The molecule has 0 saturated heterocycles. The van der Waals surface area contributed by atoms with Crippen molar-refractivity contribution >= 4 is 29.5 Å². The number of aliphatic carboxylic acids is 1. The Morgan fingerprint density at radius 2 is 1.77 bits per heavy atom. The fourth-order valence-electron chi connectivity index (χ4n) is 2.13. The molecule has 0 aromatic heterocycles. The number of thioether (sulfide) groups is 1. The molecule has 0 bridgehead atoms. The minimum absolute atomic E-state index is 0.0508. The molecule has 2 amide bonds. The van der Waals surface area contributed by atoms with Gasteiger partial charge in [0, 0.05) is 6.42 Å². The number of carboxylic acid groups (broad SMARTS) is 1. The van der Waals surface area contributed by atoms with E-state index >= 15 is 0 Å². The number of rotatable bonds is 10. The number of hydrogen-bond acceptors (Lipinski definition) is 6. The summed E-state index contributed by atoms with van der Waals surface area (Å²) in [5.74, 6) is -1.46. The lowest BCUT2D eigenvalue weighted by atomic mass is 10.1. The molecule has 8 nitrogen and oxygen atoms in total. The highest BCUT2D eigenvalue weighted by atomic mass is 32.2. The van der Waals surface area contributed by atoms with Crippen molar-refractivity contribution < 1.29 is 24.6 Å². The predicted octanol–water partition coefficient (Wildman–Crippen LogP) is 0.0892. The third-order valence-corrected chi connectivity index (χ3v) is 4.36. The first kappa shape index (κ1) is 21.8. The van der Waals surface area contributed by atoms with Crippen molar-refractivity contribution in [3.63, 3.8) is 0 Å². The van der Waals surface area contributed by atoms with Gasteiger partial charge in [-0.15, -0.1) is 0 Å². The maximum Gasteiger partial charge on any atom is 0.326 e. The smallest absolute Gasteiger partial charge is 0.326 e. The first-order valence-electron chi connectivity index (χ1n) is 8.10. The van der Waals surface area contributed by atoms with Gasteiger partial charge in [-0.3, -0.25) is 9.59 Å². The van der Waals surface area contributed by atoms with Crippen LogP contribution in [0.2, 0.25) is 0 Å². The molecule has 1 aromatic rings. The summed E-state index contributed by atoms with van der Waals surface area (Å²) in [4.78, 5) is 35.5. The molecule has 144 valence electrons. The molecule has 0 spiro atoms. The molecule has 1 rings (SSSR count). The normalized spacial score (nSPS) is 14.1. The van der Waals surface area contributed by atoms with E-state index in [-0.39, 0.29) is 12.2 Å². The molecule has 26 heavy (non-hydrogen) atoms. The molecule has 0 radical (unpaired) electrons. The molecular weight excluding hydrogens is 358 g/mol. The molecular formula is C17H25N3O5S. The second kappa shape index (κ2) is 10.7. The van der Waals surface area contributed by atoms with Crippen LogP contribution in [0.15, 0.2) is 24.3 Å². The number of carbonyl (C=O) groups is 3. The molecule has 9 heteroatoms. The van der Waals surface area contributed by atoms with Gasteiger partial charge < -0.3 is 26.6 Å². The van der Waals surface area contributed by atoms with Crippen LogP contribution < -0.4 is 16.4 Å². The molecule has 0 fully saturated rings. The Hall–Kier alpha value is -2.26. The maximum atomic E-state index is 12.2. The second-order valence-electron chi connectivity index (χ2n) is 5.89. The van der Waals surface area contributed by atoms with E-state index in [4.69, 9.17) is 5.73 Å². The van der Waals surface area contributed by atoms with Crippen LogP contribution in [0.3, 0.4) is 0 Å². The van der Waals surface area contributed by atoms with E-state index in [2.05, 4.69) is 10.6 Å². The third-order valence-electron chi connectivity index (χ3n) is 3.71. The average Bonchev–Trinajstić information content (AvgIpc) is 2.60. The Bertz CT molecular complexity index is 623. The van der Waals surface area contributed by atoms with Gasteiger partial charge >= 0.3 is 5.97 Å². The molecule has 3 unspecified atom stereocenters. The largest absolute Gasteiger partial charge is 0.508 e. The lowest BCUT2D eigenvalue weighted by molar-refractivity contribution is -0.142. The zero-order valence-electron chi connectivity index (χ0n) is 14.8. The molecule has 0 aliphatic rings. The summed E-state index contributed by atoms with van der Waals surface area (Å²) >= 11 is 1.57. The van der Waals surface area contributed by atoms with Crippen LogP contribution in [0.25, 0.3) is 0 Å². The summed E-state index contributed by atoms with van der Waals surface area (Å²) in [5.41, 5.74) is 6.39. The zero-order chi connectivity index (χ0) is 19.7. The van der Waals surface area contributed by atoms with E-state index in [1.165, 1.54) is 19.1 Å². The quantitative estimate of drug-likeness (QED) is 0.385. The van der Waals surface area contributed by atoms with Gasteiger partial charge in [0.2, 0.25) is 11.8 Å². The number of hydrogen-bond donors (Lipinski definition) is 5. The Balaban J connectivity index is 2.61. The predicted molar refractivity (Wildman–Crippen MR) is 100.0 cm³/mol. The van der Waals surface area contributed by atoms with Crippen molar-refractivity contribution in [3.05, 3.63) is 29.8 Å². The van der Waals surface area contributed by atoms with E-state index in [1.54, 1.807) is 23.9 Å². The SMILES string of the molecule is CSCCC(N)C(=O)NC(C)C(=O)NC(Cc1ccc(O)cc1)C(=O)O. The fraction of sp³-hybridized carbons (Fsp3) is 0.471. The molecule has 6 N–H and O–H groups in total. The van der Waals surface area contributed by atoms with Gasteiger partial charge in [0.1, 0.15) is 17.8 Å². The van der Waals surface area contributed by atoms with Crippen molar-refractivity contribution in [2.75, 3.05) is 12.0 Å². The summed E-state index contributed by atoms with van der Waals surface area (Å²) in [6, 6.07) is 3.25. The van der Waals surface area contributed by atoms with Crippen molar-refractivity contribution in [3.8, 4) is 5.75 Å². The average molecular weight is 383 g/mol. The van der Waals surface area contributed by atoms with E-state index < -0.39 is 35.9 Å². The van der Waals surface area contributed by atoms with Crippen LogP contribution in [0.4, 0.5) is 0 Å². The minimum Gasteiger partial charge on any atom is -0.508 e. The van der Waals surface area contributed by atoms with Crippen LogP contribution in [0, 0.1) is 0 Å². The van der Waals surface area contributed by atoms with Gasteiger partial charge in [0.25, 0.3) is 0 Å². The minimum atomic E-state index is -1.19. The van der Waals surface area contributed by atoms with E-state index in [9.17, 15) is 24.6 Å². The molecule has 0 aliphatic heterocycles. The molecule has 1 aromatic carbocycles. The third kappa shape index (κ3) is 7.32. The van der Waals surface area contributed by atoms with Crippen molar-refractivity contribution in [1.29, 1.82) is 0 Å². The van der Waals surface area contributed by atoms with Gasteiger partial charge in [-0.2, -0.15) is 11.8 Å². The van der Waals surface area contributed by atoms with Crippen LogP contribution in [-0.2, 0) is 20.8 Å². The topological polar surface area (TPSA) is 142 Å². The first-order chi connectivity index (χ1) is 12.2. The monoisotopic (exact) mass is 383 g/mol. The Labute approximate surface area is 156 Å². The molecule has 0 heterocycles. The lowest BCUT2D eigenvalue weighted by Gasteiger charge is -2.20. The Morgan fingerprint density at radius 1 is 1.15 bits per heavy atom. The summed E-state index contributed by atoms with van der Waals surface area (Å²) in [6.07, 6.45) is 2.44. The Morgan fingerprint density at radius 3 is 2.31 bits per heavy atom. The van der Waals surface area contributed by atoms with E-state index in [1.807, 2.05) is 6.26 Å². The second-order valence-corrected chi connectivity index (χ2v) is 6.87. The number of phenolic OH excluding ortho intramolecular Hbond substituents is 1. The maximum absolute atomic E-state index is 12.2. The van der Waals surface area contributed by atoms with Gasteiger partial charge in [-0.1, -0.05) is 12.1 Å². The number of phenols is 1. The summed E-state index contributed by atoms with van der Waals surface area (Å²) < 4.78 is 0. The van der Waals surface area contributed by atoms with Gasteiger partial charge in [-0.25, -0.2) is 4.79 Å². The molecule has 0 saturated carbocycles. The van der Waals surface area contributed by atoms with Crippen molar-refractivity contribution in [2.45, 2.75) is 37.9 Å². The van der Waals surface area contributed by atoms with E-state index in [0.717, 1.165) is 5.75 Å². The summed E-state index contributed by atoms with van der Waals surface area (Å²) in [7, 11) is 0. The van der Waals surface area contributed by atoms with Crippen LogP contribution in [0.5, 0.6) is 5.75 Å². The van der Waals surface area contributed by atoms with Gasteiger partial charge in [0.05, 0.1) is 6.04 Å². The summed E-state index contributed by atoms with van der Waals surface area (Å²) in [6.45, 7) is 1.47. The van der Waals surface area contributed by atoms with Gasteiger partial charge in [0.15, 0.2) is 0 Å². The van der Waals surface area contributed by atoms with Crippen LogP contribution in [-0.4, -0.2) is 58.1 Å². The fourth-order valence-corrected chi connectivity index (χ4v) is 2.62. The van der Waals surface area contributed by atoms with E-state index in [0.29, 0.717) is 12.0 Å². The Kier molecular flexibility index (Phi) is 8.94. The first-order valence-corrected chi connectivity index (χ1v) is 9.50. The molecule has 0 aliphatic carbocycles. The number of nitrogens with two attached hydrogens (primary N) is 1. The zero-order valence-corrected chi connectivity index (χ0v) is 15.6. The number of carboxylic acids is 1. The highest BCUT2D eigenvalue weighted by Gasteiger charge is 2.25. The van der Waals surface area contributed by atoms with Crippen LogP contribution >= 0.6 is 11.8 Å². The number of nitrogens with one attached hydrogen (secondary N) is 2. The standard InChI is InChI=1S/C17H25N3O5S/c1-10(19-16(23)13(18)7-8-26-2)15(22)20-14(17(24)25)9-11-3-5-12(21)6-4-11/h3-6,10,13-14,21H,7-9,18H2,1-2H3,(H,19,23)(H,20,22)(H,24,25). The number of carbonyl (C=O) groups excluding carboxylic acids is 2. The lowest BCUT2D eigenvalue weighted by Crippen LogP contribution is -2.53.